The minimum absolute atomic E-state index is 0.260. The minimum atomic E-state index is -0.260. The Hall–Kier alpha value is -2.66. The molecule has 3 rings (SSSR count). The molecule has 0 unspecified atom stereocenters. The maximum absolute atomic E-state index is 12.5. The molecular formula is C18H16ClN3O2. The lowest BCUT2D eigenvalue weighted by molar-refractivity contribution is 0.102. The van der Waals surface area contributed by atoms with Crippen molar-refractivity contribution >= 4 is 34.2 Å². The quantitative estimate of drug-likeness (QED) is 0.776. The van der Waals surface area contributed by atoms with Gasteiger partial charge in [0.1, 0.15) is 5.75 Å². The van der Waals surface area contributed by atoms with Crippen LogP contribution in [-0.2, 0) is 0 Å². The molecule has 0 aliphatic heterocycles. The number of ether oxygens (including phenoxy) is 1. The zero-order valence-corrected chi connectivity index (χ0v) is 14.3. The highest BCUT2D eigenvalue weighted by atomic mass is 35.5. The number of benzene rings is 2. The van der Waals surface area contributed by atoms with Gasteiger partial charge in [-0.2, -0.15) is 0 Å². The molecule has 2 aromatic carbocycles. The molecule has 0 spiro atoms. The van der Waals surface area contributed by atoms with E-state index in [1.54, 1.807) is 43.5 Å². The Morgan fingerprint density at radius 3 is 2.42 bits per heavy atom. The number of aryl methyl sites for hydroxylation is 2. The summed E-state index contributed by atoms with van der Waals surface area (Å²) < 4.78 is 5.10. The number of hydrogen-bond acceptors (Lipinski definition) is 4. The lowest BCUT2D eigenvalue weighted by Gasteiger charge is -2.09. The van der Waals surface area contributed by atoms with Gasteiger partial charge in [0.15, 0.2) is 0 Å². The third kappa shape index (κ3) is 3.16. The molecule has 0 saturated heterocycles. The maximum atomic E-state index is 12.5. The first kappa shape index (κ1) is 16.2. The smallest absolute Gasteiger partial charge is 0.255 e. The summed E-state index contributed by atoms with van der Waals surface area (Å²) in [6, 6.07) is 10.3. The number of fused-ring (bicyclic) bond motifs is 1. The van der Waals surface area contributed by atoms with Crippen LogP contribution in [0.4, 0.5) is 5.69 Å². The summed E-state index contributed by atoms with van der Waals surface area (Å²) in [7, 11) is 1.56. The summed E-state index contributed by atoms with van der Waals surface area (Å²) in [6.45, 7) is 3.81. The summed E-state index contributed by atoms with van der Waals surface area (Å²) in [6.07, 6.45) is 0. The second-order valence-electron chi connectivity index (χ2n) is 5.40. The molecule has 0 saturated carbocycles. The maximum Gasteiger partial charge on any atom is 0.255 e. The fourth-order valence-corrected chi connectivity index (χ4v) is 2.51. The lowest BCUT2D eigenvalue weighted by atomic mass is 10.1. The number of aromatic nitrogens is 2. The molecule has 122 valence electrons. The number of carbonyl (C=O) groups is 1. The number of hydrogen-bond donors (Lipinski definition) is 1. The Balaban J connectivity index is 1.90. The molecule has 24 heavy (non-hydrogen) atoms. The van der Waals surface area contributed by atoms with Crippen LogP contribution in [0.2, 0.25) is 5.02 Å². The van der Waals surface area contributed by atoms with Crippen LogP contribution in [0.5, 0.6) is 5.75 Å². The van der Waals surface area contributed by atoms with Gasteiger partial charge in [0.05, 0.1) is 40.2 Å². The normalized spacial score (nSPS) is 10.7. The third-order valence-electron chi connectivity index (χ3n) is 3.76. The van der Waals surface area contributed by atoms with Crippen LogP contribution < -0.4 is 10.1 Å². The summed E-state index contributed by atoms with van der Waals surface area (Å²) in [5, 5.41) is 3.21. The first-order valence-corrected chi connectivity index (χ1v) is 7.75. The predicted molar refractivity (Wildman–Crippen MR) is 95.0 cm³/mol. The molecule has 1 amide bonds. The number of amides is 1. The number of rotatable bonds is 3. The van der Waals surface area contributed by atoms with Crippen molar-refractivity contribution in [3.63, 3.8) is 0 Å². The molecule has 0 aliphatic carbocycles. The van der Waals surface area contributed by atoms with Gasteiger partial charge in [0.25, 0.3) is 5.91 Å². The fourth-order valence-electron chi connectivity index (χ4n) is 2.29. The van der Waals surface area contributed by atoms with Crippen LogP contribution in [0.3, 0.4) is 0 Å². The van der Waals surface area contributed by atoms with Gasteiger partial charge < -0.3 is 10.1 Å². The van der Waals surface area contributed by atoms with Crippen molar-refractivity contribution < 1.29 is 9.53 Å². The van der Waals surface area contributed by atoms with E-state index < -0.39 is 0 Å². The molecule has 0 fully saturated rings. The summed E-state index contributed by atoms with van der Waals surface area (Å²) in [4.78, 5) is 21.4. The van der Waals surface area contributed by atoms with Gasteiger partial charge in [0, 0.05) is 11.6 Å². The second kappa shape index (κ2) is 6.45. The lowest BCUT2D eigenvalue weighted by Crippen LogP contribution is -2.12. The minimum Gasteiger partial charge on any atom is -0.497 e. The summed E-state index contributed by atoms with van der Waals surface area (Å²) in [5.74, 6) is 0.369. The first-order chi connectivity index (χ1) is 11.5. The van der Waals surface area contributed by atoms with Crippen LogP contribution in [0.15, 0.2) is 36.4 Å². The van der Waals surface area contributed by atoms with Crippen molar-refractivity contribution in [2.45, 2.75) is 13.8 Å². The average Bonchev–Trinajstić information content (AvgIpc) is 2.57. The molecule has 0 bridgehead atoms. The highest BCUT2D eigenvalue weighted by Crippen LogP contribution is 2.27. The number of carbonyl (C=O) groups excluding carboxylic acids is 1. The zero-order valence-electron chi connectivity index (χ0n) is 13.6. The van der Waals surface area contributed by atoms with Crippen molar-refractivity contribution in [3.8, 4) is 5.75 Å². The molecule has 3 aromatic rings. The van der Waals surface area contributed by atoms with Crippen LogP contribution in [-0.4, -0.2) is 23.0 Å². The van der Waals surface area contributed by atoms with E-state index in [2.05, 4.69) is 15.3 Å². The molecule has 0 radical (unpaired) electrons. The summed E-state index contributed by atoms with van der Waals surface area (Å²) in [5.41, 5.74) is 4.19. The van der Waals surface area contributed by atoms with E-state index in [0.29, 0.717) is 27.5 Å². The fraction of sp³-hybridized carbons (Fsp3) is 0.167. The monoisotopic (exact) mass is 341 g/mol. The number of nitrogens with zero attached hydrogens (tertiary/aromatic N) is 2. The SMILES string of the molecule is COc1ccc(NC(=O)c2ccc3nc(C)c(C)nc3c2)c(Cl)c1. The molecule has 1 N–H and O–H groups in total. The molecule has 1 heterocycles. The van der Waals surface area contributed by atoms with Gasteiger partial charge in [-0.25, -0.2) is 9.97 Å². The van der Waals surface area contributed by atoms with Crippen LogP contribution >= 0.6 is 11.6 Å². The largest absolute Gasteiger partial charge is 0.497 e. The molecule has 5 nitrogen and oxygen atoms in total. The predicted octanol–water partition coefficient (Wildman–Crippen LogP) is 4.16. The van der Waals surface area contributed by atoms with E-state index in [9.17, 15) is 4.79 Å². The number of anilines is 1. The zero-order chi connectivity index (χ0) is 17.3. The van der Waals surface area contributed by atoms with E-state index in [0.717, 1.165) is 16.9 Å². The van der Waals surface area contributed by atoms with Crippen molar-refractivity contribution in [2.75, 3.05) is 12.4 Å². The van der Waals surface area contributed by atoms with Crippen molar-refractivity contribution in [1.82, 2.24) is 9.97 Å². The number of nitrogens with one attached hydrogen (secondary N) is 1. The highest BCUT2D eigenvalue weighted by molar-refractivity contribution is 6.34. The third-order valence-corrected chi connectivity index (χ3v) is 4.07. The van der Waals surface area contributed by atoms with E-state index in [4.69, 9.17) is 16.3 Å². The van der Waals surface area contributed by atoms with Gasteiger partial charge in [-0.05, 0) is 44.2 Å². The second-order valence-corrected chi connectivity index (χ2v) is 5.81. The molecule has 0 atom stereocenters. The van der Waals surface area contributed by atoms with Crippen molar-refractivity contribution in [1.29, 1.82) is 0 Å². The van der Waals surface area contributed by atoms with Crippen molar-refractivity contribution in [2.24, 2.45) is 0 Å². The van der Waals surface area contributed by atoms with Gasteiger partial charge in [-0.1, -0.05) is 11.6 Å². The highest BCUT2D eigenvalue weighted by Gasteiger charge is 2.11. The van der Waals surface area contributed by atoms with E-state index >= 15 is 0 Å². The van der Waals surface area contributed by atoms with Gasteiger partial charge in [-0.15, -0.1) is 0 Å². The van der Waals surface area contributed by atoms with E-state index in [1.807, 2.05) is 13.8 Å². The van der Waals surface area contributed by atoms with Gasteiger partial charge in [0.2, 0.25) is 0 Å². The Bertz CT molecular complexity index is 941. The molecule has 1 aromatic heterocycles. The van der Waals surface area contributed by atoms with Crippen LogP contribution in [0.1, 0.15) is 21.7 Å². The Kier molecular flexibility index (Phi) is 4.36. The Labute approximate surface area is 144 Å². The van der Waals surface area contributed by atoms with Crippen LogP contribution in [0.25, 0.3) is 11.0 Å². The standard InChI is InChI=1S/C18H16ClN3O2/c1-10-11(2)21-17-8-12(4-6-16(17)20-10)18(23)22-15-7-5-13(24-3)9-14(15)19/h4-9H,1-3H3,(H,22,23). The van der Waals surface area contributed by atoms with E-state index in [1.165, 1.54) is 0 Å². The summed E-state index contributed by atoms with van der Waals surface area (Å²) >= 11 is 6.16. The number of methoxy groups -OCH3 is 1. The van der Waals surface area contributed by atoms with E-state index in [-0.39, 0.29) is 5.91 Å². The molecular weight excluding hydrogens is 326 g/mol. The van der Waals surface area contributed by atoms with Crippen molar-refractivity contribution in [3.05, 3.63) is 58.4 Å². The average molecular weight is 342 g/mol. The molecule has 6 heteroatoms. The topological polar surface area (TPSA) is 64.1 Å². The van der Waals surface area contributed by atoms with Gasteiger partial charge >= 0.3 is 0 Å². The Morgan fingerprint density at radius 1 is 1.04 bits per heavy atom. The number of halogens is 1. The Morgan fingerprint density at radius 2 is 1.75 bits per heavy atom. The first-order valence-electron chi connectivity index (χ1n) is 7.38. The van der Waals surface area contributed by atoms with Crippen LogP contribution in [0, 0.1) is 13.8 Å². The molecule has 0 aliphatic rings. The van der Waals surface area contributed by atoms with Gasteiger partial charge in [-0.3, -0.25) is 4.79 Å².